The number of anilines is 2. The molecule has 7 aliphatic rings. The number of benzene rings is 3. The molecule has 0 spiro atoms. The van der Waals surface area contributed by atoms with Gasteiger partial charge >= 0.3 is 17.8 Å². The van der Waals surface area contributed by atoms with E-state index in [4.69, 9.17) is 33.9 Å². The zero-order valence-corrected chi connectivity index (χ0v) is 59.1. The number of aryl methyl sites for hydroxylation is 1. The highest BCUT2D eigenvalue weighted by atomic mass is 28.3. The molecule has 1 N–H and O–H groups in total. The van der Waals surface area contributed by atoms with E-state index in [1.54, 1.807) is 36.0 Å². The van der Waals surface area contributed by atoms with Crippen LogP contribution in [-0.4, -0.2) is 168 Å². The Bertz CT molecular complexity index is 4040. The molecule has 3 atom stereocenters. The molecule has 6 aliphatic heterocycles. The maximum atomic E-state index is 18.3. The van der Waals surface area contributed by atoms with Crippen molar-refractivity contribution in [1.82, 2.24) is 44.1 Å². The van der Waals surface area contributed by atoms with Gasteiger partial charge in [0.2, 0.25) is 11.8 Å². The number of imide groups is 1. The smallest absolute Gasteiger partial charge is 0.410 e. The zero-order chi connectivity index (χ0) is 67.7. The summed E-state index contributed by atoms with van der Waals surface area (Å²) < 4.78 is 62.1. The van der Waals surface area contributed by atoms with Crippen LogP contribution in [0.1, 0.15) is 145 Å². The molecular weight excluding hydrogens is 1240 g/mol. The summed E-state index contributed by atoms with van der Waals surface area (Å²) in [6.07, 6.45) is 11.5. The van der Waals surface area contributed by atoms with Crippen molar-refractivity contribution in [2.75, 3.05) is 95.8 Å². The number of amides is 3. The largest absolute Gasteiger partial charge is 0.468 e. The van der Waals surface area contributed by atoms with Crippen LogP contribution in [0.3, 0.4) is 0 Å². The summed E-state index contributed by atoms with van der Waals surface area (Å²) in [5, 5.41) is 3.84. The normalized spacial score (nSPS) is 21.6. The highest BCUT2D eigenvalue weighted by Gasteiger charge is 2.48. The molecule has 13 rings (SSSR count). The summed E-state index contributed by atoms with van der Waals surface area (Å²) in [6.45, 7) is 28.5. The first-order valence-corrected chi connectivity index (χ1v) is 37.5. The molecule has 1 aliphatic carbocycles. The monoisotopic (exact) mass is 1330 g/mol. The number of carbonyl (C=O) groups excluding carboxylic acids is 3. The highest BCUT2D eigenvalue weighted by Crippen LogP contribution is 2.49. The lowest BCUT2D eigenvalue weighted by Crippen LogP contribution is -2.57. The average molecular weight is 1330 g/mol. The lowest BCUT2D eigenvalue weighted by molar-refractivity contribution is -0.135. The molecule has 2 bridgehead atoms. The van der Waals surface area contributed by atoms with Crippen LogP contribution in [0.2, 0.25) is 16.6 Å². The third-order valence-corrected chi connectivity index (χ3v) is 28.8. The van der Waals surface area contributed by atoms with Gasteiger partial charge in [-0.05, 0) is 181 Å². The number of imidazole rings is 1. The van der Waals surface area contributed by atoms with E-state index in [1.165, 1.54) is 49.8 Å². The molecule has 19 nitrogen and oxygen atoms in total. The molecule has 514 valence electrons. The maximum Gasteiger partial charge on any atom is 0.410 e. The summed E-state index contributed by atoms with van der Waals surface area (Å²) in [5.74, 6) is 4.37. The third-order valence-electron chi connectivity index (χ3n) is 22.5. The maximum absolute atomic E-state index is 18.3. The summed E-state index contributed by atoms with van der Waals surface area (Å²) in [5.41, 5.74) is 6.69. The molecule has 3 aromatic carbocycles. The van der Waals surface area contributed by atoms with Crippen molar-refractivity contribution in [3.05, 3.63) is 76.3 Å². The van der Waals surface area contributed by atoms with Crippen LogP contribution >= 0.6 is 0 Å². The molecule has 3 aromatic heterocycles. The molecule has 22 heteroatoms. The fraction of sp³-hybridized carbons (Fsp3) is 0.608. The molecule has 9 heterocycles. The van der Waals surface area contributed by atoms with Crippen LogP contribution in [0.5, 0.6) is 11.8 Å². The van der Waals surface area contributed by atoms with Gasteiger partial charge in [-0.25, -0.2) is 18.4 Å². The average Bonchev–Trinajstić information content (AvgIpc) is 1.38. The molecule has 96 heavy (non-hydrogen) atoms. The Morgan fingerprint density at radius 3 is 2.10 bits per heavy atom. The minimum atomic E-state index is -2.35. The topological polar surface area (TPSA) is 182 Å². The van der Waals surface area contributed by atoms with Crippen molar-refractivity contribution in [1.29, 1.82) is 0 Å². The first-order chi connectivity index (χ1) is 45.9. The fourth-order valence-corrected chi connectivity index (χ4v) is 22.5. The predicted molar refractivity (Wildman–Crippen MR) is 372 cm³/mol. The Labute approximate surface area is 563 Å². The quantitative estimate of drug-likeness (QED) is 0.0350. The van der Waals surface area contributed by atoms with Crippen molar-refractivity contribution >= 4 is 70.2 Å². The van der Waals surface area contributed by atoms with Crippen LogP contribution in [0.25, 0.3) is 44.0 Å². The van der Waals surface area contributed by atoms with Crippen LogP contribution in [0, 0.1) is 46.3 Å². The molecule has 6 saturated heterocycles. The van der Waals surface area contributed by atoms with Gasteiger partial charge in [-0.3, -0.25) is 33.9 Å². The molecule has 3 amide bonds. The Morgan fingerprint density at radius 2 is 1.47 bits per heavy atom. The minimum Gasteiger partial charge on any atom is -0.468 e. The lowest BCUT2D eigenvalue weighted by atomic mass is 9.82. The van der Waals surface area contributed by atoms with Crippen molar-refractivity contribution in [2.45, 2.75) is 173 Å². The number of carbonyl (C=O) groups is 3. The van der Waals surface area contributed by atoms with Crippen molar-refractivity contribution in [3.8, 4) is 34.5 Å². The Balaban J connectivity index is 0.677. The number of pyridine rings is 1. The van der Waals surface area contributed by atoms with Gasteiger partial charge in [0.25, 0.3) is 0 Å². The van der Waals surface area contributed by atoms with E-state index in [0.717, 1.165) is 95.2 Å². The van der Waals surface area contributed by atoms with Crippen molar-refractivity contribution in [3.63, 3.8) is 0 Å². The number of halogens is 2. The first-order valence-electron chi connectivity index (χ1n) is 35.3. The molecule has 0 radical (unpaired) electrons. The molecular formula is C74H97F2N11O8Si. The van der Waals surface area contributed by atoms with E-state index in [9.17, 15) is 19.2 Å². The number of nitrogens with zero attached hydrogens (tertiary/aromatic N) is 10. The van der Waals surface area contributed by atoms with E-state index >= 15 is 8.78 Å². The van der Waals surface area contributed by atoms with Crippen molar-refractivity contribution in [2.24, 2.45) is 30.2 Å². The summed E-state index contributed by atoms with van der Waals surface area (Å²) in [4.78, 5) is 78.2. The van der Waals surface area contributed by atoms with Gasteiger partial charge in [0.1, 0.15) is 48.3 Å². The predicted octanol–water partition coefficient (Wildman–Crippen LogP) is 12.0. The number of piperidine rings is 3. The Morgan fingerprint density at radius 1 is 0.792 bits per heavy atom. The van der Waals surface area contributed by atoms with Crippen LogP contribution in [0.15, 0.2) is 53.5 Å². The third kappa shape index (κ3) is 13.3. The number of hydrogen-bond acceptors (Lipinski definition) is 15. The second-order valence-electron chi connectivity index (χ2n) is 31.0. The van der Waals surface area contributed by atoms with Gasteiger partial charge in [0.05, 0.1) is 40.7 Å². The van der Waals surface area contributed by atoms with Crippen molar-refractivity contribution < 1.29 is 42.1 Å². The molecule has 3 unspecified atom stereocenters. The van der Waals surface area contributed by atoms with Gasteiger partial charge in [0.15, 0.2) is 12.6 Å². The van der Waals surface area contributed by atoms with E-state index in [0.29, 0.717) is 93.4 Å². The van der Waals surface area contributed by atoms with Gasteiger partial charge in [-0.2, -0.15) is 9.97 Å². The number of hydrogen-bond donors (Lipinski definition) is 1. The van der Waals surface area contributed by atoms with E-state index < -0.39 is 37.3 Å². The number of methoxy groups -OCH3 is 1. The number of nitrogens with one attached hydrogen (secondary N) is 1. The summed E-state index contributed by atoms with van der Waals surface area (Å²) in [6, 6.07) is 11.7. The fourth-order valence-electron chi connectivity index (χ4n) is 17.3. The molecule has 1 saturated carbocycles. The van der Waals surface area contributed by atoms with Gasteiger partial charge in [0, 0.05) is 94.0 Å². The van der Waals surface area contributed by atoms with Crippen LogP contribution < -0.4 is 30.3 Å². The van der Waals surface area contributed by atoms with E-state index in [2.05, 4.69) is 90.1 Å². The van der Waals surface area contributed by atoms with Crippen LogP contribution in [-0.2, 0) is 26.1 Å². The Kier molecular flexibility index (Phi) is 18.9. The number of rotatable bonds is 19. The molecule has 7 fully saturated rings. The SMILES string of the molecule is COCOc1cc(-c2ncc3c(N4CC5CCC(C4)N5C(=O)OC(C)(C)C)nc(OCC4(CN5CCC(CC6CCN(CC7CN(c8ccc9c(c8)n(C)c(=O)n9C8CCC(=O)NC8=O)C7)CC6)CC5)CC4)nc3c2F)c2c(C#C[Si](C(C)C)(C(C)C)C(C)C)c(F)ccc2c1. The minimum absolute atomic E-state index is 0.0291. The zero-order valence-electron chi connectivity index (χ0n) is 58.1. The van der Waals surface area contributed by atoms with Gasteiger partial charge < -0.3 is 38.5 Å². The number of aromatic nitrogens is 5. The van der Waals surface area contributed by atoms with Gasteiger partial charge in [-0.1, -0.05) is 53.5 Å². The standard InChI is InChI=1S/C74H97F2N11O8Si/c1-45(2)96(46(3)4,47(5)6)31-24-56-59(75)16-12-51-33-55(94-44-92-11)35-57(64(51)56)66-65(76)67-58(36-77-66)68(85-40-53-13-14-54(41-85)86(53)72(91)95-73(7,8)9)80-70(79-67)93-43-74(25-26-74)42-83-29-22-49(23-30-83)32-48-20-27-82(28-21-48)37-50-38-84(39-50)52-15-17-60-62(34-52)81(10)71(90)87(60)61-18-19-63(88)78-69(61)89/h12,15-17,33-36,45-50,53-54,61H,13-14,18-23,25-30,32,37-44H2,1-11H3,(H,78,88,89). The first kappa shape index (κ1) is 67.4. The number of piperazine rings is 1. The van der Waals surface area contributed by atoms with E-state index in [-0.39, 0.29) is 71.2 Å². The van der Waals surface area contributed by atoms with E-state index in [1.807, 2.05) is 31.7 Å². The van der Waals surface area contributed by atoms with Crippen LogP contribution in [0.4, 0.5) is 25.1 Å². The number of ether oxygens (including phenoxy) is 4. The van der Waals surface area contributed by atoms with Gasteiger partial charge in [-0.15, -0.1) is 5.54 Å². The molecule has 6 aromatic rings. The highest BCUT2D eigenvalue weighted by molar-refractivity contribution is 6.90. The lowest BCUT2D eigenvalue weighted by Gasteiger charge is -2.44. The second-order valence-corrected chi connectivity index (χ2v) is 36.6. The Hall–Kier alpha value is -7.19. The number of likely N-dealkylation sites (tertiary alicyclic amines) is 2. The summed E-state index contributed by atoms with van der Waals surface area (Å²) >= 11 is 0. The summed E-state index contributed by atoms with van der Waals surface area (Å²) in [7, 11) is 0.922. The number of fused-ring (bicyclic) bond motifs is 5. The second kappa shape index (κ2) is 26.9.